The van der Waals surface area contributed by atoms with Gasteiger partial charge in [-0.2, -0.15) is 0 Å². The van der Waals surface area contributed by atoms with Crippen LogP contribution in [0.25, 0.3) is 0 Å². The highest BCUT2D eigenvalue weighted by atomic mass is 16.2. The van der Waals surface area contributed by atoms with Gasteiger partial charge in [-0.25, -0.2) is 0 Å². The standard InChI is InChI=1S/C12H24N2O/c1-5-12(7-6-8-12)14-10(15)9(13)11(2,3)4/h9H,5-8,13H2,1-4H3,(H,14,15)/t9-/m0/s1. The largest absolute Gasteiger partial charge is 0.349 e. The van der Waals surface area contributed by atoms with Crippen molar-refractivity contribution in [1.29, 1.82) is 0 Å². The highest BCUT2D eigenvalue weighted by Crippen LogP contribution is 2.35. The molecule has 0 saturated heterocycles. The molecule has 0 heterocycles. The van der Waals surface area contributed by atoms with E-state index in [1.807, 2.05) is 20.8 Å². The zero-order chi connectivity index (χ0) is 11.7. The number of amides is 1. The van der Waals surface area contributed by atoms with Gasteiger partial charge in [-0.05, 0) is 31.1 Å². The molecule has 0 aromatic rings. The minimum Gasteiger partial charge on any atom is -0.349 e. The minimum absolute atomic E-state index is 0.00375. The van der Waals surface area contributed by atoms with Crippen LogP contribution in [0.5, 0.6) is 0 Å². The van der Waals surface area contributed by atoms with Crippen molar-refractivity contribution in [3.63, 3.8) is 0 Å². The van der Waals surface area contributed by atoms with Gasteiger partial charge in [0.1, 0.15) is 0 Å². The highest BCUT2D eigenvalue weighted by Gasteiger charge is 2.39. The Kier molecular flexibility index (Phi) is 3.44. The first-order valence-electron chi connectivity index (χ1n) is 5.88. The predicted molar refractivity (Wildman–Crippen MR) is 62.4 cm³/mol. The first-order chi connectivity index (χ1) is 6.81. The van der Waals surface area contributed by atoms with Gasteiger partial charge in [0.2, 0.25) is 5.91 Å². The number of hydrogen-bond donors (Lipinski definition) is 2. The molecule has 1 aliphatic carbocycles. The molecular formula is C12H24N2O. The van der Waals surface area contributed by atoms with Gasteiger partial charge in [-0.3, -0.25) is 4.79 Å². The van der Waals surface area contributed by atoms with Crippen molar-refractivity contribution in [2.75, 3.05) is 0 Å². The average molecular weight is 212 g/mol. The monoisotopic (exact) mass is 212 g/mol. The lowest BCUT2D eigenvalue weighted by atomic mass is 9.74. The second-order valence-corrected chi connectivity index (χ2v) is 5.82. The fraction of sp³-hybridized carbons (Fsp3) is 0.917. The van der Waals surface area contributed by atoms with Gasteiger partial charge >= 0.3 is 0 Å². The van der Waals surface area contributed by atoms with E-state index in [0.29, 0.717) is 0 Å². The zero-order valence-electron chi connectivity index (χ0n) is 10.4. The molecule has 1 saturated carbocycles. The first kappa shape index (κ1) is 12.5. The first-order valence-corrected chi connectivity index (χ1v) is 5.88. The van der Waals surface area contributed by atoms with E-state index in [2.05, 4.69) is 12.2 Å². The third-order valence-corrected chi connectivity index (χ3v) is 3.59. The summed E-state index contributed by atoms with van der Waals surface area (Å²) < 4.78 is 0. The molecule has 3 nitrogen and oxygen atoms in total. The van der Waals surface area contributed by atoms with E-state index >= 15 is 0 Å². The van der Waals surface area contributed by atoms with Crippen molar-refractivity contribution in [3.8, 4) is 0 Å². The van der Waals surface area contributed by atoms with Crippen LogP contribution < -0.4 is 11.1 Å². The van der Waals surface area contributed by atoms with Crippen molar-refractivity contribution < 1.29 is 4.79 Å². The van der Waals surface area contributed by atoms with Gasteiger partial charge in [-0.1, -0.05) is 27.7 Å². The summed E-state index contributed by atoms with van der Waals surface area (Å²) in [4.78, 5) is 11.9. The zero-order valence-corrected chi connectivity index (χ0v) is 10.4. The number of nitrogens with two attached hydrogens (primary N) is 1. The molecule has 1 fully saturated rings. The second-order valence-electron chi connectivity index (χ2n) is 5.82. The molecule has 15 heavy (non-hydrogen) atoms. The molecule has 3 heteroatoms. The Labute approximate surface area is 92.8 Å². The van der Waals surface area contributed by atoms with Crippen LogP contribution in [-0.2, 0) is 4.79 Å². The SMILES string of the molecule is CCC1(NC(=O)[C@H](N)C(C)(C)C)CCC1. The summed E-state index contributed by atoms with van der Waals surface area (Å²) in [6.07, 6.45) is 4.44. The summed E-state index contributed by atoms with van der Waals surface area (Å²) in [6, 6.07) is -0.415. The van der Waals surface area contributed by atoms with Crippen LogP contribution >= 0.6 is 0 Å². The van der Waals surface area contributed by atoms with Gasteiger partial charge in [0.25, 0.3) is 0 Å². The topological polar surface area (TPSA) is 55.1 Å². The summed E-state index contributed by atoms with van der Waals surface area (Å²) in [7, 11) is 0. The molecule has 0 bridgehead atoms. The molecule has 0 unspecified atom stereocenters. The summed E-state index contributed by atoms with van der Waals surface area (Å²) >= 11 is 0. The van der Waals surface area contributed by atoms with E-state index in [9.17, 15) is 4.79 Å². The smallest absolute Gasteiger partial charge is 0.237 e. The van der Waals surface area contributed by atoms with Gasteiger partial charge in [-0.15, -0.1) is 0 Å². The minimum atomic E-state index is -0.415. The van der Waals surface area contributed by atoms with Gasteiger partial charge in [0.15, 0.2) is 0 Å². The normalized spacial score (nSPS) is 21.7. The van der Waals surface area contributed by atoms with E-state index in [-0.39, 0.29) is 16.9 Å². The second kappa shape index (κ2) is 4.12. The van der Waals surface area contributed by atoms with Crippen LogP contribution in [-0.4, -0.2) is 17.5 Å². The fourth-order valence-corrected chi connectivity index (χ4v) is 1.90. The molecular weight excluding hydrogens is 188 g/mol. The highest BCUT2D eigenvalue weighted by molar-refractivity contribution is 5.83. The number of rotatable bonds is 3. The molecule has 1 aliphatic rings. The van der Waals surface area contributed by atoms with Crippen LogP contribution in [0.2, 0.25) is 0 Å². The van der Waals surface area contributed by atoms with Gasteiger partial charge < -0.3 is 11.1 Å². The number of carbonyl (C=O) groups excluding carboxylic acids is 1. The fourth-order valence-electron chi connectivity index (χ4n) is 1.90. The summed E-state index contributed by atoms with van der Waals surface area (Å²) in [5.74, 6) is 0.00375. The quantitative estimate of drug-likeness (QED) is 0.749. The Morgan fingerprint density at radius 3 is 2.27 bits per heavy atom. The van der Waals surface area contributed by atoms with Crippen LogP contribution in [0.15, 0.2) is 0 Å². The van der Waals surface area contributed by atoms with E-state index in [0.717, 1.165) is 19.3 Å². The molecule has 0 aromatic heterocycles. The maximum absolute atomic E-state index is 11.9. The van der Waals surface area contributed by atoms with Crippen LogP contribution in [0.1, 0.15) is 53.4 Å². The Bertz CT molecular complexity index is 233. The molecule has 0 radical (unpaired) electrons. The molecule has 1 atom stereocenters. The molecule has 88 valence electrons. The lowest BCUT2D eigenvalue weighted by molar-refractivity contribution is -0.127. The maximum Gasteiger partial charge on any atom is 0.237 e. The van der Waals surface area contributed by atoms with E-state index < -0.39 is 6.04 Å². The Balaban J connectivity index is 2.55. The van der Waals surface area contributed by atoms with Gasteiger partial charge in [0.05, 0.1) is 6.04 Å². The molecule has 0 aromatic carbocycles. The average Bonchev–Trinajstić information content (AvgIpc) is 2.08. The molecule has 1 amide bonds. The lowest BCUT2D eigenvalue weighted by Gasteiger charge is -2.43. The predicted octanol–water partition coefficient (Wildman–Crippen LogP) is 1.81. The summed E-state index contributed by atoms with van der Waals surface area (Å²) in [6.45, 7) is 8.12. The number of carbonyl (C=O) groups is 1. The van der Waals surface area contributed by atoms with Crippen molar-refractivity contribution in [2.24, 2.45) is 11.1 Å². The summed E-state index contributed by atoms with van der Waals surface area (Å²) in [5, 5.41) is 3.12. The Morgan fingerprint density at radius 1 is 1.47 bits per heavy atom. The van der Waals surface area contributed by atoms with Crippen molar-refractivity contribution in [2.45, 2.75) is 65.0 Å². The van der Waals surface area contributed by atoms with E-state index in [4.69, 9.17) is 5.73 Å². The Hall–Kier alpha value is -0.570. The third kappa shape index (κ3) is 2.71. The Morgan fingerprint density at radius 2 is 2.00 bits per heavy atom. The molecule has 1 rings (SSSR count). The van der Waals surface area contributed by atoms with Crippen LogP contribution in [0.3, 0.4) is 0 Å². The maximum atomic E-state index is 11.9. The van der Waals surface area contributed by atoms with Crippen molar-refractivity contribution in [3.05, 3.63) is 0 Å². The van der Waals surface area contributed by atoms with E-state index in [1.54, 1.807) is 0 Å². The third-order valence-electron chi connectivity index (χ3n) is 3.59. The number of nitrogens with one attached hydrogen (secondary N) is 1. The van der Waals surface area contributed by atoms with Crippen LogP contribution in [0.4, 0.5) is 0 Å². The van der Waals surface area contributed by atoms with Gasteiger partial charge in [0, 0.05) is 5.54 Å². The molecule has 3 N–H and O–H groups in total. The number of hydrogen-bond acceptors (Lipinski definition) is 2. The van der Waals surface area contributed by atoms with E-state index in [1.165, 1.54) is 6.42 Å². The molecule has 0 aliphatic heterocycles. The molecule has 0 spiro atoms. The summed E-state index contributed by atoms with van der Waals surface area (Å²) in [5.41, 5.74) is 5.81. The lowest BCUT2D eigenvalue weighted by Crippen LogP contribution is -2.59. The van der Waals surface area contributed by atoms with Crippen molar-refractivity contribution >= 4 is 5.91 Å². The van der Waals surface area contributed by atoms with Crippen molar-refractivity contribution in [1.82, 2.24) is 5.32 Å². The van der Waals surface area contributed by atoms with Crippen LogP contribution in [0, 0.1) is 5.41 Å².